The Morgan fingerprint density at radius 1 is 0.324 bits per heavy atom. The SMILES string of the molecule is CCCCc1cccc(OCc2c(C)cccc2C)c1.CCCCc1cccc(OCc2ccc(C)cc2)c1.CCCOc1cccc(OCc2c(C)cccc2C)c1.CCCOc1cccc(OCc2c(Cl)cccc2Cl)c1.CCCOc1cccc(OCc2ccccc2OC)c1.CCCS(=O)c1cccc(OCC2CCCCC2)c1.CCCSc1cccc(OCC2CCCCC2)c1. The predicted octanol–water partition coefficient (Wildman–Crippen LogP) is 33.5. The minimum absolute atomic E-state index is 0.329. The molecule has 16 heteroatoms. The summed E-state index contributed by atoms with van der Waals surface area (Å²) in [4.78, 5) is 2.22. The first-order valence-corrected chi connectivity index (χ1v) is 52.6. The van der Waals surface area contributed by atoms with Gasteiger partial charge in [0, 0.05) is 54.9 Å². The van der Waals surface area contributed by atoms with Gasteiger partial charge in [-0.2, -0.15) is 0 Å². The monoisotopic (exact) mass is 1920 g/mol. The van der Waals surface area contributed by atoms with Gasteiger partial charge in [0.25, 0.3) is 0 Å². The largest absolute Gasteiger partial charge is 0.496 e. The first-order chi connectivity index (χ1) is 66.4. The number of hydrogen-bond donors (Lipinski definition) is 0. The van der Waals surface area contributed by atoms with Crippen LogP contribution in [0, 0.1) is 46.5 Å². The Bertz CT molecular complexity index is 5010. The highest BCUT2D eigenvalue weighted by molar-refractivity contribution is 7.99. The molecule has 2 fully saturated rings. The van der Waals surface area contributed by atoms with Gasteiger partial charge in [0.2, 0.25) is 0 Å². The van der Waals surface area contributed by atoms with Crippen molar-refractivity contribution in [2.24, 2.45) is 11.8 Å². The van der Waals surface area contributed by atoms with E-state index in [9.17, 15) is 4.21 Å². The molecule has 14 rings (SSSR count). The summed E-state index contributed by atoms with van der Waals surface area (Å²) in [6, 6.07) is 90.8. The van der Waals surface area contributed by atoms with Crippen LogP contribution in [0.2, 0.25) is 10.0 Å². The lowest BCUT2D eigenvalue weighted by Crippen LogP contribution is -2.15. The van der Waals surface area contributed by atoms with E-state index >= 15 is 0 Å². The molecule has 12 nitrogen and oxygen atoms in total. The van der Waals surface area contributed by atoms with E-state index in [1.165, 1.54) is 163 Å². The highest BCUT2D eigenvalue weighted by Gasteiger charge is 2.18. The van der Waals surface area contributed by atoms with Crippen molar-refractivity contribution in [3.8, 4) is 63.2 Å². The van der Waals surface area contributed by atoms with E-state index in [4.69, 9.17) is 75.3 Å². The number of thioether (sulfide) groups is 1. The molecule has 0 bridgehead atoms. The first kappa shape index (κ1) is 111. The summed E-state index contributed by atoms with van der Waals surface area (Å²) >= 11 is 14.1. The molecule has 12 aromatic rings. The van der Waals surface area contributed by atoms with Gasteiger partial charge in [0.15, 0.2) is 0 Å². The molecule has 0 aliphatic heterocycles. The molecule has 136 heavy (non-hydrogen) atoms. The van der Waals surface area contributed by atoms with Gasteiger partial charge in [-0.15, -0.1) is 11.8 Å². The van der Waals surface area contributed by atoms with Crippen molar-refractivity contribution in [3.05, 3.63) is 350 Å². The molecule has 1 unspecified atom stereocenters. The Balaban J connectivity index is 0.000000195. The molecule has 2 aliphatic rings. The van der Waals surface area contributed by atoms with Crippen LogP contribution in [-0.4, -0.2) is 55.9 Å². The van der Waals surface area contributed by atoms with Gasteiger partial charge >= 0.3 is 0 Å². The second-order valence-corrected chi connectivity index (χ2v) is 38.2. The standard InChI is InChI=1S/C19H24O.C18H22O2.C18H22O.C17H20O3.C16H16Cl2O2.C16H24O2S.C16H24OS/c1-4-5-10-17-11-7-12-18(13-17)20-14-19-15(2)8-6-9-16(19)3;1-4-11-19-16-9-6-10-17(12-16)20-13-18-14(2)7-5-8-15(18)3;1-3-4-6-16-7-5-8-18(13-16)19-14-17-11-9-15(2)10-12-17;1-3-11-19-15-8-6-9-16(12-15)20-13-14-7-4-5-10-17(14)18-2;1-2-9-19-12-5-3-6-13(10-12)20-11-14-15(17)7-4-8-16(14)18;1-2-11-19(17)16-10-6-9-15(12-16)18-13-14-7-4-3-5-8-14;1-2-11-18-16-10-6-9-15(12-16)17-13-14-7-4-3-5-8-14/h6-9,11-13H,4-5,10,14H2,1-3H3;5-10,12H,4,11,13H2,1-3H3;5,7-13H,3-4,6,14H2,1-2H3;4-10,12H,3,11,13H2,1-2H3;3-8,10H,2,9,11H2,1H3;6,9-10,12,14H,2-5,7-8,11,13H2,1H3;6,9-10,12,14H,2-5,7-8,11,13H2,1H3. The molecule has 0 aromatic heterocycles. The number of ether oxygens (including phenoxy) is 11. The fourth-order valence-electron chi connectivity index (χ4n) is 15.1. The fraction of sp³-hybridized carbons (Fsp3) is 0.400. The fourth-order valence-corrected chi connectivity index (χ4v) is 17.5. The molecule has 0 heterocycles. The summed E-state index contributed by atoms with van der Waals surface area (Å²) in [5.41, 5.74) is 14.7. The van der Waals surface area contributed by atoms with Crippen molar-refractivity contribution in [2.75, 3.05) is 51.6 Å². The van der Waals surface area contributed by atoms with Crippen molar-refractivity contribution in [1.82, 2.24) is 0 Å². The lowest BCUT2D eigenvalue weighted by atomic mass is 9.90. The number of aryl methyl sites for hydroxylation is 7. The Labute approximate surface area is 833 Å². The highest BCUT2D eigenvalue weighted by atomic mass is 35.5. The Morgan fingerprint density at radius 3 is 1.13 bits per heavy atom. The molecule has 0 amide bonds. The molecule has 2 aliphatic carbocycles. The van der Waals surface area contributed by atoms with Crippen LogP contribution in [0.5, 0.6) is 63.2 Å². The maximum Gasteiger partial charge on any atom is 0.125 e. The minimum Gasteiger partial charge on any atom is -0.496 e. The van der Waals surface area contributed by atoms with Gasteiger partial charge in [-0.25, -0.2) is 0 Å². The number of benzene rings is 12. The topological polar surface area (TPSA) is 119 Å². The zero-order chi connectivity index (χ0) is 97.0. The highest BCUT2D eigenvalue weighted by Crippen LogP contribution is 2.33. The number of methoxy groups -OCH3 is 1. The van der Waals surface area contributed by atoms with Gasteiger partial charge in [0.1, 0.15) is 96.3 Å². The van der Waals surface area contributed by atoms with E-state index < -0.39 is 10.8 Å². The molecule has 730 valence electrons. The van der Waals surface area contributed by atoms with E-state index in [-0.39, 0.29) is 0 Å². The Hall–Kier alpha value is -10.5. The van der Waals surface area contributed by atoms with Gasteiger partial charge in [-0.1, -0.05) is 268 Å². The second-order valence-electron chi connectivity index (χ2n) is 34.6. The molecule has 0 spiro atoms. The van der Waals surface area contributed by atoms with Gasteiger partial charge in [-0.05, 0) is 301 Å². The van der Waals surface area contributed by atoms with Crippen LogP contribution in [0.4, 0.5) is 0 Å². The van der Waals surface area contributed by atoms with Crippen LogP contribution in [0.15, 0.2) is 283 Å². The van der Waals surface area contributed by atoms with Crippen LogP contribution in [-0.2, 0) is 56.7 Å². The summed E-state index contributed by atoms with van der Waals surface area (Å²) in [6.07, 6.45) is 25.9. The lowest BCUT2D eigenvalue weighted by Gasteiger charge is -2.21. The molecular weight excluding hydrogens is 1770 g/mol. The molecule has 0 saturated heterocycles. The van der Waals surface area contributed by atoms with Crippen LogP contribution in [0.3, 0.4) is 0 Å². The van der Waals surface area contributed by atoms with Crippen molar-refractivity contribution < 1.29 is 56.3 Å². The molecule has 0 N–H and O–H groups in total. The normalized spacial score (nSPS) is 12.3. The quantitative estimate of drug-likeness (QED) is 0.0338. The summed E-state index contributed by atoms with van der Waals surface area (Å²) in [5.74, 6) is 13.0. The maximum atomic E-state index is 12.0. The maximum absolute atomic E-state index is 12.0. The number of rotatable bonds is 43. The van der Waals surface area contributed by atoms with Crippen molar-refractivity contribution in [1.29, 1.82) is 0 Å². The second kappa shape index (κ2) is 66.1. The van der Waals surface area contributed by atoms with E-state index in [0.717, 1.165) is 156 Å². The first-order valence-electron chi connectivity index (χ1n) is 49.6. The molecule has 1 atom stereocenters. The summed E-state index contributed by atoms with van der Waals surface area (Å²) < 4.78 is 75.1. The zero-order valence-electron chi connectivity index (χ0n) is 83.4. The zero-order valence-corrected chi connectivity index (χ0v) is 86.6. The van der Waals surface area contributed by atoms with Crippen LogP contribution >= 0.6 is 35.0 Å². The van der Waals surface area contributed by atoms with Gasteiger partial charge < -0.3 is 52.1 Å². The number of para-hydroxylation sites is 1. The number of unbranched alkanes of at least 4 members (excludes halogenated alkanes) is 2. The van der Waals surface area contributed by atoms with Crippen LogP contribution < -0.4 is 52.1 Å². The van der Waals surface area contributed by atoms with Crippen LogP contribution in [0.1, 0.15) is 237 Å². The summed E-state index contributed by atoms with van der Waals surface area (Å²) in [5, 5.41) is 1.21. The van der Waals surface area contributed by atoms with E-state index in [1.54, 1.807) is 19.2 Å². The average Bonchev–Trinajstić information content (AvgIpc) is 0.961. The molecular formula is C120H152Cl2O12S2. The molecule has 12 aromatic carbocycles. The predicted molar refractivity (Wildman–Crippen MR) is 571 cm³/mol. The number of hydrogen-bond acceptors (Lipinski definition) is 13. The third-order valence-electron chi connectivity index (χ3n) is 23.0. The molecule has 0 radical (unpaired) electrons. The Kier molecular flexibility index (Phi) is 53.9. The summed E-state index contributed by atoms with van der Waals surface area (Å²) in [6.45, 7) is 32.1. The van der Waals surface area contributed by atoms with Crippen molar-refractivity contribution in [3.63, 3.8) is 0 Å². The van der Waals surface area contributed by atoms with Crippen LogP contribution in [0.25, 0.3) is 0 Å². The minimum atomic E-state index is -0.882. The van der Waals surface area contributed by atoms with Crippen molar-refractivity contribution >= 4 is 45.8 Å². The van der Waals surface area contributed by atoms with Gasteiger partial charge in [-0.3, -0.25) is 4.21 Å². The summed E-state index contributed by atoms with van der Waals surface area (Å²) in [7, 11) is 0.783. The molecule has 2 saturated carbocycles. The number of halogens is 2. The van der Waals surface area contributed by atoms with Gasteiger partial charge in [0.05, 0.1) is 50.9 Å². The van der Waals surface area contributed by atoms with E-state index in [1.807, 2.05) is 151 Å². The Morgan fingerprint density at radius 2 is 0.699 bits per heavy atom. The van der Waals surface area contributed by atoms with E-state index in [0.29, 0.717) is 55.6 Å². The smallest absolute Gasteiger partial charge is 0.125 e. The van der Waals surface area contributed by atoms with Crippen molar-refractivity contribution in [2.45, 2.75) is 261 Å². The third-order valence-corrected chi connectivity index (χ3v) is 26.5. The average molecular weight is 1920 g/mol. The van der Waals surface area contributed by atoms with E-state index in [2.05, 4.69) is 204 Å². The lowest BCUT2D eigenvalue weighted by molar-refractivity contribution is 0.208. The third kappa shape index (κ3) is 43.5.